The molecule has 0 bridgehead atoms. The Kier molecular flexibility index (Phi) is 4.86. The summed E-state index contributed by atoms with van der Waals surface area (Å²) in [4.78, 5) is 1.49. The van der Waals surface area contributed by atoms with Crippen molar-refractivity contribution in [1.29, 1.82) is 0 Å². The summed E-state index contributed by atoms with van der Waals surface area (Å²) < 4.78 is 11.4. The first-order valence-electron chi connectivity index (χ1n) is 7.11. The fourth-order valence-corrected chi connectivity index (χ4v) is 2.32. The van der Waals surface area contributed by atoms with Crippen molar-refractivity contribution < 1.29 is 13.7 Å². The van der Waals surface area contributed by atoms with Gasteiger partial charge >= 0.3 is 0 Å². The van der Waals surface area contributed by atoms with Gasteiger partial charge in [0, 0.05) is 0 Å². The van der Waals surface area contributed by atoms with Crippen LogP contribution >= 0.6 is 0 Å². The first-order valence-corrected chi connectivity index (χ1v) is 7.11. The molecule has 0 aliphatic rings. The summed E-state index contributed by atoms with van der Waals surface area (Å²) in [6.07, 6.45) is 2.45. The molecule has 1 N–H and O–H groups in total. The van der Waals surface area contributed by atoms with Gasteiger partial charge in [-0.1, -0.05) is 13.3 Å². The Morgan fingerprint density at radius 3 is 1.79 bits per heavy atom. The summed E-state index contributed by atoms with van der Waals surface area (Å²) >= 11 is 0. The van der Waals surface area contributed by atoms with Crippen LogP contribution in [0.3, 0.4) is 0 Å². The maximum absolute atomic E-state index is 5.69. The highest BCUT2D eigenvalue weighted by molar-refractivity contribution is 5.05. The molecule has 0 unspecified atom stereocenters. The summed E-state index contributed by atoms with van der Waals surface area (Å²) in [5.41, 5.74) is 0. The van der Waals surface area contributed by atoms with Crippen LogP contribution in [0.1, 0.15) is 42.8 Å². The molecule has 2 rings (SSSR count). The molecule has 0 saturated carbocycles. The first-order chi connectivity index (χ1) is 9.17. The molecule has 0 aliphatic carbocycles. The Hall–Kier alpha value is -1.48. The van der Waals surface area contributed by atoms with E-state index < -0.39 is 0 Å². The van der Waals surface area contributed by atoms with Gasteiger partial charge in [-0.05, 0) is 44.5 Å². The van der Waals surface area contributed by atoms with Gasteiger partial charge in [0.2, 0.25) is 0 Å². The third-order valence-corrected chi connectivity index (χ3v) is 3.32. The van der Waals surface area contributed by atoms with Gasteiger partial charge in [-0.2, -0.15) is 0 Å². The van der Waals surface area contributed by atoms with Gasteiger partial charge in [0.1, 0.15) is 24.6 Å². The number of rotatable bonds is 7. The molecule has 0 spiro atoms. The molecule has 0 radical (unpaired) electrons. The molecule has 0 aliphatic heterocycles. The molecule has 0 fully saturated rings. The van der Waals surface area contributed by atoms with Crippen LogP contribution in [0, 0.1) is 13.8 Å². The number of unbranched alkanes of at least 4 members (excludes halogenated alkanes) is 1. The molecule has 2 aromatic rings. The van der Waals surface area contributed by atoms with Crippen LogP contribution < -0.4 is 4.90 Å². The Morgan fingerprint density at radius 2 is 1.42 bits per heavy atom. The molecule has 0 saturated heterocycles. The SMILES string of the molecule is CCCC[NH+](Cc1ccc(C)o1)Cc1ccc(C)o1. The van der Waals surface area contributed by atoms with Crippen molar-refractivity contribution in [2.45, 2.75) is 46.7 Å². The van der Waals surface area contributed by atoms with Crippen molar-refractivity contribution >= 4 is 0 Å². The fourth-order valence-electron chi connectivity index (χ4n) is 2.32. The van der Waals surface area contributed by atoms with Gasteiger partial charge in [-0.15, -0.1) is 0 Å². The summed E-state index contributed by atoms with van der Waals surface area (Å²) in [7, 11) is 0. The number of hydrogen-bond donors (Lipinski definition) is 1. The van der Waals surface area contributed by atoms with Gasteiger partial charge in [0.05, 0.1) is 6.54 Å². The van der Waals surface area contributed by atoms with E-state index in [1.54, 1.807) is 0 Å². The van der Waals surface area contributed by atoms with E-state index >= 15 is 0 Å². The summed E-state index contributed by atoms with van der Waals surface area (Å²) in [6.45, 7) is 9.21. The van der Waals surface area contributed by atoms with Crippen molar-refractivity contribution in [1.82, 2.24) is 0 Å². The number of quaternary nitrogens is 1. The quantitative estimate of drug-likeness (QED) is 0.831. The lowest BCUT2D eigenvalue weighted by Gasteiger charge is -2.17. The van der Waals surface area contributed by atoms with Gasteiger partial charge in [-0.3, -0.25) is 0 Å². The lowest BCUT2D eigenvalue weighted by atomic mass is 10.3. The molecule has 3 heteroatoms. The highest BCUT2D eigenvalue weighted by Gasteiger charge is 2.14. The highest BCUT2D eigenvalue weighted by Crippen LogP contribution is 2.06. The second-order valence-corrected chi connectivity index (χ2v) is 5.23. The van der Waals surface area contributed by atoms with Crippen molar-refractivity contribution in [2.24, 2.45) is 0 Å². The molecule has 19 heavy (non-hydrogen) atoms. The van der Waals surface area contributed by atoms with Crippen LogP contribution in [0.2, 0.25) is 0 Å². The summed E-state index contributed by atoms with van der Waals surface area (Å²) in [5, 5.41) is 0. The zero-order valence-electron chi connectivity index (χ0n) is 12.2. The molecule has 3 nitrogen and oxygen atoms in total. The number of nitrogens with one attached hydrogen (secondary N) is 1. The van der Waals surface area contributed by atoms with Crippen molar-refractivity contribution in [3.63, 3.8) is 0 Å². The van der Waals surface area contributed by atoms with Gasteiger partial charge in [0.25, 0.3) is 0 Å². The molecule has 0 atom stereocenters. The van der Waals surface area contributed by atoms with E-state index in [1.165, 1.54) is 17.7 Å². The second kappa shape index (κ2) is 6.62. The number of furan rings is 2. The van der Waals surface area contributed by atoms with Crippen LogP contribution in [-0.4, -0.2) is 6.54 Å². The summed E-state index contributed by atoms with van der Waals surface area (Å²) in [5.74, 6) is 4.09. The predicted molar refractivity (Wildman–Crippen MR) is 75.0 cm³/mol. The van der Waals surface area contributed by atoms with Gasteiger partial charge in [-0.25, -0.2) is 0 Å². The van der Waals surface area contributed by atoms with Gasteiger partial charge in [0.15, 0.2) is 11.5 Å². The lowest BCUT2D eigenvalue weighted by Crippen LogP contribution is -3.09. The largest absolute Gasteiger partial charge is 0.460 e. The first kappa shape index (κ1) is 13.9. The van der Waals surface area contributed by atoms with Crippen molar-refractivity contribution in [3.8, 4) is 0 Å². The van der Waals surface area contributed by atoms with E-state index in [9.17, 15) is 0 Å². The Labute approximate surface area is 115 Å². The molecule has 0 amide bonds. The van der Waals surface area contributed by atoms with Crippen molar-refractivity contribution in [2.75, 3.05) is 6.54 Å². The maximum atomic E-state index is 5.69. The molecule has 104 valence electrons. The molecule has 0 aromatic carbocycles. The average Bonchev–Trinajstić information content (AvgIpc) is 2.95. The van der Waals surface area contributed by atoms with E-state index in [0.717, 1.165) is 42.7 Å². The van der Waals surface area contributed by atoms with Crippen molar-refractivity contribution in [3.05, 3.63) is 47.3 Å². The van der Waals surface area contributed by atoms with E-state index in [1.807, 2.05) is 26.0 Å². The van der Waals surface area contributed by atoms with Crippen LogP contribution in [-0.2, 0) is 13.1 Å². The van der Waals surface area contributed by atoms with E-state index in [2.05, 4.69) is 19.1 Å². The second-order valence-electron chi connectivity index (χ2n) is 5.23. The standard InChI is InChI=1S/C16H23NO2/c1-4-5-10-17(11-15-8-6-13(2)18-15)12-16-9-7-14(3)19-16/h6-9H,4-5,10-12H2,1-3H3/p+1. The van der Waals surface area contributed by atoms with E-state index in [0.29, 0.717) is 0 Å². The van der Waals surface area contributed by atoms with Crippen LogP contribution in [0.5, 0.6) is 0 Å². The molecule has 2 aromatic heterocycles. The Balaban J connectivity index is 1.98. The zero-order valence-corrected chi connectivity index (χ0v) is 12.2. The number of aryl methyl sites for hydroxylation is 2. The van der Waals surface area contributed by atoms with Gasteiger partial charge < -0.3 is 13.7 Å². The highest BCUT2D eigenvalue weighted by atomic mass is 16.3. The fraction of sp³-hybridized carbons (Fsp3) is 0.500. The third-order valence-electron chi connectivity index (χ3n) is 3.32. The lowest BCUT2D eigenvalue weighted by molar-refractivity contribution is -0.929. The smallest absolute Gasteiger partial charge is 0.158 e. The minimum atomic E-state index is 0.924. The predicted octanol–water partition coefficient (Wildman–Crippen LogP) is 2.87. The van der Waals surface area contributed by atoms with Crippen LogP contribution in [0.15, 0.2) is 33.1 Å². The number of hydrogen-bond acceptors (Lipinski definition) is 2. The summed E-state index contributed by atoms with van der Waals surface area (Å²) in [6, 6.07) is 8.22. The third kappa shape index (κ3) is 4.28. The van der Waals surface area contributed by atoms with Crippen LogP contribution in [0.25, 0.3) is 0 Å². The monoisotopic (exact) mass is 262 g/mol. The van der Waals surface area contributed by atoms with E-state index in [4.69, 9.17) is 8.83 Å². The van der Waals surface area contributed by atoms with Crippen LogP contribution in [0.4, 0.5) is 0 Å². The molecule has 2 heterocycles. The molecular formula is C16H24NO2+. The molecular weight excluding hydrogens is 238 g/mol. The Bertz CT molecular complexity index is 456. The zero-order chi connectivity index (χ0) is 13.7. The minimum Gasteiger partial charge on any atom is -0.460 e. The maximum Gasteiger partial charge on any atom is 0.158 e. The Morgan fingerprint density at radius 1 is 0.895 bits per heavy atom. The topological polar surface area (TPSA) is 30.7 Å². The van der Waals surface area contributed by atoms with E-state index in [-0.39, 0.29) is 0 Å². The minimum absolute atomic E-state index is 0.924. The normalized spacial score (nSPS) is 11.4. The average molecular weight is 262 g/mol.